The van der Waals surface area contributed by atoms with Gasteiger partial charge in [0.1, 0.15) is 12.1 Å². The summed E-state index contributed by atoms with van der Waals surface area (Å²) in [5, 5.41) is 12.6. The molecule has 2 atom stereocenters. The molecule has 54 heavy (non-hydrogen) atoms. The third kappa shape index (κ3) is 39.0. The first-order chi connectivity index (χ1) is 26.4. The van der Waals surface area contributed by atoms with E-state index in [2.05, 4.69) is 26.1 Å². The molecule has 0 heterocycles. The van der Waals surface area contributed by atoms with Gasteiger partial charge in [0.05, 0.1) is 0 Å². The number of carboxylic acid groups (broad SMARTS) is 1. The fraction of sp³-hybridized carbons (Fsp3) is 0.936. The zero-order valence-electron chi connectivity index (χ0n) is 36.2. The van der Waals surface area contributed by atoms with Crippen molar-refractivity contribution in [2.45, 2.75) is 270 Å². The first kappa shape index (κ1) is 52.8. The van der Waals surface area contributed by atoms with Gasteiger partial charge in [-0.2, -0.15) is 11.8 Å². The van der Waals surface area contributed by atoms with Gasteiger partial charge >= 0.3 is 11.9 Å². The number of thioether (sulfide) groups is 1. The molecular formula is C47H91NO5S. The average molecular weight is 782 g/mol. The van der Waals surface area contributed by atoms with Crippen molar-refractivity contribution in [1.82, 2.24) is 5.32 Å². The highest BCUT2D eigenvalue weighted by molar-refractivity contribution is 7.99. The van der Waals surface area contributed by atoms with Gasteiger partial charge in [0.25, 0.3) is 0 Å². The van der Waals surface area contributed by atoms with Crippen molar-refractivity contribution in [2.24, 2.45) is 0 Å². The van der Waals surface area contributed by atoms with Crippen molar-refractivity contribution < 1.29 is 24.2 Å². The predicted molar refractivity (Wildman–Crippen MR) is 235 cm³/mol. The molecule has 0 aliphatic carbocycles. The normalized spacial score (nSPS) is 12.5. The molecule has 0 aromatic rings. The number of ether oxygens (including phenoxy) is 1. The molecule has 1 amide bonds. The number of hydrogen-bond donors (Lipinski definition) is 2. The second-order valence-corrected chi connectivity index (χ2v) is 17.4. The van der Waals surface area contributed by atoms with Crippen LogP contribution in [0.2, 0.25) is 0 Å². The molecule has 0 rings (SSSR count). The molecule has 0 aliphatic heterocycles. The van der Waals surface area contributed by atoms with Crippen molar-refractivity contribution in [2.75, 3.05) is 11.5 Å². The Labute approximate surface area is 340 Å². The van der Waals surface area contributed by atoms with Gasteiger partial charge in [-0.15, -0.1) is 0 Å². The lowest BCUT2D eigenvalue weighted by atomic mass is 10.0. The van der Waals surface area contributed by atoms with Gasteiger partial charge in [0.15, 0.2) is 0 Å². The number of aliphatic carboxylic acids is 1. The third-order valence-electron chi connectivity index (χ3n) is 10.9. The number of carboxylic acids is 1. The van der Waals surface area contributed by atoms with Gasteiger partial charge in [-0.25, -0.2) is 4.79 Å². The van der Waals surface area contributed by atoms with Crippen LogP contribution in [0.5, 0.6) is 0 Å². The zero-order valence-corrected chi connectivity index (χ0v) is 37.0. The van der Waals surface area contributed by atoms with Gasteiger partial charge in [-0.05, 0) is 25.7 Å². The summed E-state index contributed by atoms with van der Waals surface area (Å²) >= 11 is 1.48. The first-order valence-corrected chi connectivity index (χ1v) is 24.9. The number of unbranched alkanes of at least 4 members (excludes halogenated alkanes) is 31. The minimum absolute atomic E-state index is 0.121. The van der Waals surface area contributed by atoms with E-state index >= 15 is 0 Å². The van der Waals surface area contributed by atoms with E-state index in [1.165, 1.54) is 185 Å². The van der Waals surface area contributed by atoms with E-state index in [0.717, 1.165) is 51.4 Å². The molecule has 0 unspecified atom stereocenters. The Balaban J connectivity index is 4.38. The number of amides is 1. The van der Waals surface area contributed by atoms with E-state index in [1.807, 2.05) is 0 Å². The van der Waals surface area contributed by atoms with Crippen LogP contribution in [0.3, 0.4) is 0 Å². The molecule has 2 N–H and O–H groups in total. The highest BCUT2D eigenvalue weighted by Gasteiger charge is 2.22. The van der Waals surface area contributed by atoms with Crippen molar-refractivity contribution in [3.05, 3.63) is 0 Å². The molecule has 0 aliphatic rings. The second kappa shape index (κ2) is 42.9. The van der Waals surface area contributed by atoms with Crippen LogP contribution in [0.25, 0.3) is 0 Å². The Hall–Kier alpha value is -1.24. The summed E-state index contributed by atoms with van der Waals surface area (Å²) in [6.45, 7) is 6.77. The molecule has 0 saturated carbocycles. The predicted octanol–water partition coefficient (Wildman–Crippen LogP) is 14.7. The topological polar surface area (TPSA) is 92.7 Å². The molecule has 0 fully saturated rings. The summed E-state index contributed by atoms with van der Waals surface area (Å²) in [7, 11) is 0. The van der Waals surface area contributed by atoms with Gasteiger partial charge < -0.3 is 15.2 Å². The van der Waals surface area contributed by atoms with E-state index in [-0.39, 0.29) is 23.7 Å². The van der Waals surface area contributed by atoms with Crippen LogP contribution in [-0.4, -0.2) is 46.6 Å². The summed E-state index contributed by atoms with van der Waals surface area (Å²) < 4.78 is 5.98. The third-order valence-corrected chi connectivity index (χ3v) is 12.1. The second-order valence-electron chi connectivity index (χ2n) is 16.4. The lowest BCUT2D eigenvalue weighted by Crippen LogP contribution is -2.42. The zero-order chi connectivity index (χ0) is 39.6. The molecule has 320 valence electrons. The fourth-order valence-electron chi connectivity index (χ4n) is 7.28. The lowest BCUT2D eigenvalue weighted by molar-refractivity contribution is -0.148. The minimum atomic E-state index is -1.000. The van der Waals surface area contributed by atoms with Gasteiger partial charge in [0.2, 0.25) is 5.91 Å². The van der Waals surface area contributed by atoms with E-state index in [4.69, 9.17) is 4.74 Å². The van der Waals surface area contributed by atoms with E-state index in [0.29, 0.717) is 18.6 Å². The Morgan fingerprint density at radius 3 is 1.17 bits per heavy atom. The van der Waals surface area contributed by atoms with Crippen molar-refractivity contribution in [3.63, 3.8) is 0 Å². The van der Waals surface area contributed by atoms with Crippen LogP contribution in [0.4, 0.5) is 0 Å². The Bertz CT molecular complexity index is 824. The fourth-order valence-corrected chi connectivity index (χ4v) is 8.37. The maximum Gasteiger partial charge on any atom is 0.327 e. The SMILES string of the molecule is CCCCCCCCCCCCCCCC(=O)N[C@@H](CSC[C@H](CCCCCCCCCC)OC(=O)CCCCCCCCCCCCCCC)C(=O)O. The smallest absolute Gasteiger partial charge is 0.327 e. The lowest BCUT2D eigenvalue weighted by Gasteiger charge is -2.20. The van der Waals surface area contributed by atoms with Crippen LogP contribution >= 0.6 is 11.8 Å². The molecule has 0 bridgehead atoms. The number of carbonyl (C=O) groups is 3. The highest BCUT2D eigenvalue weighted by atomic mass is 32.2. The van der Waals surface area contributed by atoms with Crippen LogP contribution in [0, 0.1) is 0 Å². The summed E-state index contributed by atoms with van der Waals surface area (Å²) in [5.41, 5.74) is 0. The van der Waals surface area contributed by atoms with Gasteiger partial charge in [-0.3, -0.25) is 9.59 Å². The highest BCUT2D eigenvalue weighted by Crippen LogP contribution is 2.19. The maximum absolute atomic E-state index is 12.8. The molecule has 0 aromatic heterocycles. The summed E-state index contributed by atoms with van der Waals surface area (Å²) in [6, 6.07) is -0.922. The van der Waals surface area contributed by atoms with Crippen LogP contribution in [0.1, 0.15) is 258 Å². The van der Waals surface area contributed by atoms with Crippen molar-refractivity contribution >= 4 is 29.6 Å². The number of nitrogens with one attached hydrogen (secondary N) is 1. The van der Waals surface area contributed by atoms with Crippen molar-refractivity contribution in [1.29, 1.82) is 0 Å². The van der Waals surface area contributed by atoms with Crippen LogP contribution in [-0.2, 0) is 19.1 Å². The van der Waals surface area contributed by atoms with Gasteiger partial charge in [-0.1, -0.05) is 220 Å². The quantitative estimate of drug-likeness (QED) is 0.0472. The summed E-state index contributed by atoms with van der Waals surface area (Å²) in [6.07, 6.45) is 44.1. The van der Waals surface area contributed by atoms with Crippen LogP contribution < -0.4 is 5.32 Å². The van der Waals surface area contributed by atoms with Crippen LogP contribution in [0.15, 0.2) is 0 Å². The average Bonchev–Trinajstić information content (AvgIpc) is 3.15. The Morgan fingerprint density at radius 1 is 0.463 bits per heavy atom. The minimum Gasteiger partial charge on any atom is -0.480 e. The number of hydrogen-bond acceptors (Lipinski definition) is 5. The molecule has 7 heteroatoms. The van der Waals surface area contributed by atoms with E-state index in [9.17, 15) is 19.5 Å². The van der Waals surface area contributed by atoms with Gasteiger partial charge in [0, 0.05) is 24.3 Å². The van der Waals surface area contributed by atoms with E-state index in [1.54, 1.807) is 0 Å². The monoisotopic (exact) mass is 782 g/mol. The molecule has 0 aromatic carbocycles. The standard InChI is InChI=1S/C47H91NO5S/c1-4-7-10-13-16-19-21-23-25-27-30-33-36-39-45(49)48-44(47(51)52)42-54-41-43(38-35-32-29-18-15-12-9-6-3)53-46(50)40-37-34-31-28-26-24-22-20-17-14-11-8-5-2/h43-44H,4-42H2,1-3H3,(H,48,49)(H,51,52)/t43-,44-/m0/s1. The maximum atomic E-state index is 12.8. The molecular weight excluding hydrogens is 691 g/mol. The Morgan fingerprint density at radius 2 is 0.796 bits per heavy atom. The molecule has 0 radical (unpaired) electrons. The summed E-state index contributed by atoms with van der Waals surface area (Å²) in [4.78, 5) is 37.4. The molecule has 0 spiro atoms. The Kier molecular flexibility index (Phi) is 41.9. The molecule has 6 nitrogen and oxygen atoms in total. The van der Waals surface area contributed by atoms with Crippen molar-refractivity contribution in [3.8, 4) is 0 Å². The number of rotatable bonds is 44. The molecule has 0 saturated heterocycles. The van der Waals surface area contributed by atoms with E-state index < -0.39 is 12.0 Å². The first-order valence-electron chi connectivity index (χ1n) is 23.7. The largest absolute Gasteiger partial charge is 0.480 e. The number of carbonyl (C=O) groups excluding carboxylic acids is 2. The summed E-state index contributed by atoms with van der Waals surface area (Å²) in [5.74, 6) is -0.446. The number of esters is 1.